The number of nitriles is 1. The fourth-order valence-electron chi connectivity index (χ4n) is 6.75. The predicted octanol–water partition coefficient (Wildman–Crippen LogP) is 7.10. The number of nitrogens with zero attached hydrogens (tertiary/aromatic N) is 5. The van der Waals surface area contributed by atoms with Crippen LogP contribution < -0.4 is 10.5 Å². The lowest BCUT2D eigenvalue weighted by Crippen LogP contribution is -2.58. The van der Waals surface area contributed by atoms with Crippen molar-refractivity contribution in [3.05, 3.63) is 99.4 Å². The number of piperazine rings is 1. The van der Waals surface area contributed by atoms with Crippen molar-refractivity contribution in [2.75, 3.05) is 18.0 Å². The van der Waals surface area contributed by atoms with Gasteiger partial charge in [0.1, 0.15) is 11.6 Å². The molecule has 1 amide bonds. The van der Waals surface area contributed by atoms with E-state index >= 15 is 0 Å². The lowest BCUT2D eigenvalue weighted by Gasteiger charge is -2.45. The molecule has 228 valence electrons. The van der Waals surface area contributed by atoms with Gasteiger partial charge in [0.2, 0.25) is 5.91 Å². The first-order valence-electron chi connectivity index (χ1n) is 15.1. The van der Waals surface area contributed by atoms with Crippen molar-refractivity contribution in [2.45, 2.75) is 52.6 Å². The molecule has 5 aromatic rings. The van der Waals surface area contributed by atoms with Gasteiger partial charge in [0.15, 0.2) is 0 Å². The van der Waals surface area contributed by atoms with Crippen molar-refractivity contribution in [1.29, 1.82) is 5.26 Å². The minimum Gasteiger partial charge on any atom is -0.363 e. The van der Waals surface area contributed by atoms with E-state index in [1.807, 2.05) is 69.3 Å². The lowest BCUT2D eigenvalue weighted by atomic mass is 9.94. The number of amides is 1. The van der Waals surface area contributed by atoms with Crippen molar-refractivity contribution >= 4 is 45.0 Å². The number of aromatic amines is 1. The fraction of sp³-hybridized carbons (Fsp3) is 0.278. The van der Waals surface area contributed by atoms with Crippen molar-refractivity contribution in [3.8, 4) is 22.9 Å². The number of para-hydroxylation sites is 1. The van der Waals surface area contributed by atoms with Crippen LogP contribution in [0.3, 0.4) is 0 Å². The second kappa shape index (κ2) is 11.6. The molecule has 2 aromatic heterocycles. The third-order valence-corrected chi connectivity index (χ3v) is 9.29. The molecule has 1 fully saturated rings. The van der Waals surface area contributed by atoms with Gasteiger partial charge in [0.05, 0.1) is 28.6 Å². The Morgan fingerprint density at radius 1 is 1.13 bits per heavy atom. The number of anilines is 1. The maximum absolute atomic E-state index is 14.6. The van der Waals surface area contributed by atoms with Gasteiger partial charge >= 0.3 is 0 Å². The monoisotopic (exact) mass is 618 g/mol. The average Bonchev–Trinajstić information content (AvgIpc) is 3.50. The van der Waals surface area contributed by atoms with E-state index in [0.717, 1.165) is 38.8 Å². The molecule has 8 nitrogen and oxygen atoms in total. The molecule has 0 spiro atoms. The summed E-state index contributed by atoms with van der Waals surface area (Å²) >= 11 is 7.17. The number of carbonyl (C=O) groups excluding carboxylic acids is 1. The average molecular weight is 619 g/mol. The van der Waals surface area contributed by atoms with E-state index in [-0.39, 0.29) is 29.5 Å². The molecule has 0 bridgehead atoms. The van der Waals surface area contributed by atoms with Gasteiger partial charge in [-0.1, -0.05) is 56.3 Å². The summed E-state index contributed by atoms with van der Waals surface area (Å²) in [6.45, 7) is 14.7. The quantitative estimate of drug-likeness (QED) is 0.212. The van der Waals surface area contributed by atoms with Crippen LogP contribution in [0.5, 0.6) is 0 Å². The molecule has 0 radical (unpaired) electrons. The summed E-state index contributed by atoms with van der Waals surface area (Å²) in [5, 5.41) is 20.0. The highest BCUT2D eigenvalue weighted by Crippen LogP contribution is 2.42. The summed E-state index contributed by atoms with van der Waals surface area (Å²) < 4.78 is 1.67. The van der Waals surface area contributed by atoms with Crippen LogP contribution in [-0.4, -0.2) is 50.7 Å². The molecule has 6 rings (SSSR count). The van der Waals surface area contributed by atoms with Crippen molar-refractivity contribution in [2.24, 2.45) is 0 Å². The van der Waals surface area contributed by atoms with Crippen LogP contribution in [0.4, 0.5) is 5.69 Å². The molecule has 3 aromatic carbocycles. The number of nitrogens with one attached hydrogen (secondary N) is 1. The molecule has 45 heavy (non-hydrogen) atoms. The highest BCUT2D eigenvalue weighted by atomic mass is 35.5. The van der Waals surface area contributed by atoms with Crippen LogP contribution in [0.25, 0.3) is 38.6 Å². The minimum atomic E-state index is -0.399. The number of rotatable bonds is 5. The zero-order valence-corrected chi connectivity index (χ0v) is 26.8. The van der Waals surface area contributed by atoms with Crippen molar-refractivity contribution in [3.63, 3.8) is 0 Å². The van der Waals surface area contributed by atoms with Crippen LogP contribution in [0.2, 0.25) is 5.02 Å². The third kappa shape index (κ3) is 4.88. The standard InChI is InChI=1S/C36H35ClN6O2/c1-7-33(44)41-18-23(6)42(19-22(41)5)35-26-14-29(37)25(34-21(4)12-13-30-28(34)17-39-40-30)15-32(26)43(36(45)27(35)16-38)31-11-9-8-10-24(31)20(2)3/h7-15,17,20,22-23H,1,18-19H2,2-6H3,(H,39,40)/t22-,23+/m1/s1. The normalized spacial score (nSPS) is 16.8. The smallest absolute Gasteiger partial charge is 0.275 e. The number of halogens is 1. The first kappa shape index (κ1) is 30.2. The molecule has 1 N–H and O–H groups in total. The third-order valence-electron chi connectivity index (χ3n) is 8.98. The van der Waals surface area contributed by atoms with E-state index in [4.69, 9.17) is 11.6 Å². The lowest BCUT2D eigenvalue weighted by molar-refractivity contribution is -0.128. The zero-order chi connectivity index (χ0) is 32.2. The molecule has 9 heteroatoms. The van der Waals surface area contributed by atoms with E-state index in [0.29, 0.717) is 34.7 Å². The Labute approximate surface area is 267 Å². The summed E-state index contributed by atoms with van der Waals surface area (Å²) in [6.07, 6.45) is 3.11. The van der Waals surface area contributed by atoms with E-state index in [9.17, 15) is 14.9 Å². The minimum absolute atomic E-state index is 0.0422. The summed E-state index contributed by atoms with van der Waals surface area (Å²) in [5.41, 5.74) is 6.12. The van der Waals surface area contributed by atoms with Gasteiger partial charge < -0.3 is 9.80 Å². The number of fused-ring (bicyclic) bond motifs is 2. The molecule has 0 saturated carbocycles. The number of benzene rings is 3. The Balaban J connectivity index is 1.72. The summed E-state index contributed by atoms with van der Waals surface area (Å²) in [4.78, 5) is 31.1. The van der Waals surface area contributed by atoms with Gasteiger partial charge in [-0.2, -0.15) is 10.4 Å². The second-order valence-corrected chi connectivity index (χ2v) is 12.6. The van der Waals surface area contributed by atoms with Crippen LogP contribution in [-0.2, 0) is 4.79 Å². The van der Waals surface area contributed by atoms with Gasteiger partial charge in [-0.25, -0.2) is 0 Å². The zero-order valence-electron chi connectivity index (χ0n) is 26.1. The molecule has 3 heterocycles. The molecule has 0 unspecified atom stereocenters. The summed E-state index contributed by atoms with van der Waals surface area (Å²) in [7, 11) is 0. The second-order valence-electron chi connectivity index (χ2n) is 12.2. The van der Waals surface area contributed by atoms with Gasteiger partial charge in [0.25, 0.3) is 5.56 Å². The Morgan fingerprint density at radius 2 is 1.89 bits per heavy atom. The van der Waals surface area contributed by atoms with Gasteiger partial charge in [-0.05, 0) is 73.7 Å². The van der Waals surface area contributed by atoms with E-state index < -0.39 is 5.56 Å². The summed E-state index contributed by atoms with van der Waals surface area (Å²) in [6, 6.07) is 17.6. The molecule has 0 aliphatic carbocycles. The first-order chi connectivity index (χ1) is 21.6. The Morgan fingerprint density at radius 3 is 2.60 bits per heavy atom. The van der Waals surface area contributed by atoms with Crippen LogP contribution >= 0.6 is 11.6 Å². The number of carbonyl (C=O) groups is 1. The topological polar surface area (TPSA) is 98.0 Å². The molecular weight excluding hydrogens is 584 g/mol. The molecule has 1 aliphatic rings. The number of hydrogen-bond acceptors (Lipinski definition) is 5. The van der Waals surface area contributed by atoms with E-state index in [2.05, 4.69) is 41.6 Å². The van der Waals surface area contributed by atoms with Gasteiger partial charge in [0, 0.05) is 46.5 Å². The highest BCUT2D eigenvalue weighted by Gasteiger charge is 2.35. The molecular formula is C36H35ClN6O2. The Hall–Kier alpha value is -4.87. The van der Waals surface area contributed by atoms with Gasteiger partial charge in [-0.15, -0.1) is 0 Å². The number of H-pyrrole nitrogens is 1. The van der Waals surface area contributed by atoms with Crippen LogP contribution in [0.1, 0.15) is 50.3 Å². The number of aromatic nitrogens is 3. The van der Waals surface area contributed by atoms with Crippen molar-refractivity contribution in [1.82, 2.24) is 19.7 Å². The Kier molecular flexibility index (Phi) is 7.75. The predicted molar refractivity (Wildman–Crippen MR) is 181 cm³/mol. The SMILES string of the molecule is C=CC(=O)N1C[C@H](C)N(c2c(C#N)c(=O)n(-c3ccccc3C(C)C)c3cc(-c4c(C)ccc5[nH]ncc45)c(Cl)cc23)C[C@H]1C. The van der Waals surface area contributed by atoms with Crippen LogP contribution in [0.15, 0.2) is 72.2 Å². The maximum Gasteiger partial charge on any atom is 0.275 e. The van der Waals surface area contributed by atoms with Crippen LogP contribution in [0, 0.1) is 18.3 Å². The van der Waals surface area contributed by atoms with Gasteiger partial charge in [-0.3, -0.25) is 19.3 Å². The number of hydrogen-bond donors (Lipinski definition) is 1. The molecule has 1 saturated heterocycles. The highest BCUT2D eigenvalue weighted by molar-refractivity contribution is 6.35. The largest absolute Gasteiger partial charge is 0.363 e. The first-order valence-corrected chi connectivity index (χ1v) is 15.5. The molecule has 1 aliphatic heterocycles. The number of aryl methyl sites for hydroxylation is 1. The van der Waals surface area contributed by atoms with Crippen molar-refractivity contribution < 1.29 is 4.79 Å². The molecule has 2 atom stereocenters. The number of pyridine rings is 1. The van der Waals surface area contributed by atoms with E-state index in [1.54, 1.807) is 15.7 Å². The fourth-order valence-corrected chi connectivity index (χ4v) is 7.01. The van der Waals surface area contributed by atoms with E-state index in [1.165, 1.54) is 6.08 Å². The maximum atomic E-state index is 14.6. The Bertz CT molecular complexity index is 2100. The summed E-state index contributed by atoms with van der Waals surface area (Å²) in [5.74, 6) is -0.0186.